The Labute approximate surface area is 134 Å². The van der Waals surface area contributed by atoms with Crippen LogP contribution in [-0.2, 0) is 17.9 Å². The van der Waals surface area contributed by atoms with E-state index >= 15 is 0 Å². The number of aliphatic imine (C=N–C) groups is 1. The van der Waals surface area contributed by atoms with Gasteiger partial charge in [0.15, 0.2) is 5.96 Å². The van der Waals surface area contributed by atoms with E-state index in [1.165, 1.54) is 43.2 Å². The minimum absolute atomic E-state index is 0.575. The van der Waals surface area contributed by atoms with E-state index in [1.807, 2.05) is 0 Å². The van der Waals surface area contributed by atoms with Crippen molar-refractivity contribution >= 4 is 5.96 Å². The number of hydrogen-bond acceptors (Lipinski definition) is 2. The number of nitrogens with zero attached hydrogens (tertiary/aromatic N) is 1. The molecule has 4 nitrogen and oxygen atoms in total. The maximum absolute atomic E-state index is 5.19. The van der Waals surface area contributed by atoms with Crippen molar-refractivity contribution in [3.05, 3.63) is 35.4 Å². The predicted molar refractivity (Wildman–Crippen MR) is 92.0 cm³/mol. The fraction of sp³-hybridized carbons (Fsp3) is 0.611. The van der Waals surface area contributed by atoms with E-state index in [0.29, 0.717) is 19.2 Å². The molecule has 1 aromatic rings. The highest BCUT2D eigenvalue weighted by Crippen LogP contribution is 2.17. The molecule has 0 unspecified atom stereocenters. The van der Waals surface area contributed by atoms with Crippen molar-refractivity contribution in [3.8, 4) is 0 Å². The molecule has 1 saturated carbocycles. The number of ether oxygens (including phenoxy) is 1. The van der Waals surface area contributed by atoms with Crippen molar-refractivity contribution in [2.24, 2.45) is 4.99 Å². The molecule has 1 aliphatic rings. The van der Waals surface area contributed by atoms with Crippen molar-refractivity contribution in [3.63, 3.8) is 0 Å². The van der Waals surface area contributed by atoms with Gasteiger partial charge in [-0.3, -0.25) is 0 Å². The van der Waals surface area contributed by atoms with E-state index in [1.54, 1.807) is 7.11 Å². The third-order valence-corrected chi connectivity index (χ3v) is 4.01. The van der Waals surface area contributed by atoms with Crippen LogP contribution in [0.5, 0.6) is 0 Å². The van der Waals surface area contributed by atoms with Gasteiger partial charge in [-0.05, 0) is 30.9 Å². The minimum atomic E-state index is 0.575. The average Bonchev–Trinajstić information content (AvgIpc) is 2.55. The Morgan fingerprint density at radius 2 is 2.00 bits per heavy atom. The Morgan fingerprint density at radius 1 is 1.23 bits per heavy atom. The number of rotatable bonds is 6. The molecule has 122 valence electrons. The molecule has 0 aromatic heterocycles. The third-order valence-electron chi connectivity index (χ3n) is 4.01. The zero-order chi connectivity index (χ0) is 15.6. The minimum Gasteiger partial charge on any atom is -0.380 e. The molecule has 0 heterocycles. The van der Waals surface area contributed by atoms with E-state index in [2.05, 4.69) is 41.8 Å². The van der Waals surface area contributed by atoms with Crippen LogP contribution in [0.25, 0.3) is 0 Å². The Kier molecular flexibility index (Phi) is 7.23. The monoisotopic (exact) mass is 303 g/mol. The van der Waals surface area contributed by atoms with Gasteiger partial charge in [-0.2, -0.15) is 0 Å². The zero-order valence-electron chi connectivity index (χ0n) is 13.9. The van der Waals surface area contributed by atoms with E-state index in [4.69, 9.17) is 9.73 Å². The van der Waals surface area contributed by atoms with E-state index in [9.17, 15) is 0 Å². The van der Waals surface area contributed by atoms with Crippen molar-refractivity contribution < 1.29 is 4.74 Å². The molecule has 0 amide bonds. The molecule has 0 bridgehead atoms. The first-order valence-electron chi connectivity index (χ1n) is 8.43. The second-order valence-corrected chi connectivity index (χ2v) is 5.93. The van der Waals surface area contributed by atoms with E-state index in [0.717, 1.165) is 12.5 Å². The lowest BCUT2D eigenvalue weighted by atomic mass is 9.96. The van der Waals surface area contributed by atoms with Crippen LogP contribution in [0, 0.1) is 0 Å². The van der Waals surface area contributed by atoms with Gasteiger partial charge in [-0.25, -0.2) is 4.99 Å². The van der Waals surface area contributed by atoms with Crippen LogP contribution in [0.4, 0.5) is 0 Å². The number of guanidine groups is 1. The van der Waals surface area contributed by atoms with Gasteiger partial charge in [0.05, 0.1) is 13.2 Å². The Balaban J connectivity index is 1.95. The van der Waals surface area contributed by atoms with Crippen molar-refractivity contribution in [2.45, 2.75) is 58.2 Å². The van der Waals surface area contributed by atoms with Gasteiger partial charge in [0.1, 0.15) is 0 Å². The van der Waals surface area contributed by atoms with Gasteiger partial charge in [0, 0.05) is 19.7 Å². The van der Waals surface area contributed by atoms with Gasteiger partial charge in [-0.1, -0.05) is 43.5 Å². The lowest BCUT2D eigenvalue weighted by Crippen LogP contribution is -2.44. The summed E-state index contributed by atoms with van der Waals surface area (Å²) < 4.78 is 5.19. The second kappa shape index (κ2) is 9.46. The number of benzene rings is 1. The zero-order valence-corrected chi connectivity index (χ0v) is 13.9. The first kappa shape index (κ1) is 16.8. The molecule has 0 atom stereocenters. The van der Waals surface area contributed by atoms with E-state index in [-0.39, 0.29) is 0 Å². The van der Waals surface area contributed by atoms with Gasteiger partial charge in [0.25, 0.3) is 0 Å². The van der Waals surface area contributed by atoms with Gasteiger partial charge in [-0.15, -0.1) is 0 Å². The summed E-state index contributed by atoms with van der Waals surface area (Å²) in [5.41, 5.74) is 2.41. The number of methoxy groups -OCH3 is 1. The van der Waals surface area contributed by atoms with Crippen LogP contribution < -0.4 is 10.6 Å². The largest absolute Gasteiger partial charge is 0.380 e. The maximum Gasteiger partial charge on any atom is 0.191 e. The molecule has 2 N–H and O–H groups in total. The highest BCUT2D eigenvalue weighted by Gasteiger charge is 2.14. The second-order valence-electron chi connectivity index (χ2n) is 5.93. The fourth-order valence-corrected chi connectivity index (χ4v) is 2.92. The normalized spacial score (nSPS) is 16.5. The van der Waals surface area contributed by atoms with Crippen LogP contribution in [0.3, 0.4) is 0 Å². The summed E-state index contributed by atoms with van der Waals surface area (Å²) >= 11 is 0. The molecular weight excluding hydrogens is 274 g/mol. The summed E-state index contributed by atoms with van der Waals surface area (Å²) in [6.07, 6.45) is 6.55. The lowest BCUT2D eigenvalue weighted by molar-refractivity contribution is 0.185. The molecule has 1 fully saturated rings. The first-order valence-corrected chi connectivity index (χ1v) is 8.43. The molecular formula is C18H29N3O. The molecule has 4 heteroatoms. The van der Waals surface area contributed by atoms with Crippen LogP contribution in [0.1, 0.15) is 50.2 Å². The van der Waals surface area contributed by atoms with Gasteiger partial charge < -0.3 is 15.4 Å². The maximum atomic E-state index is 5.19. The van der Waals surface area contributed by atoms with Crippen molar-refractivity contribution in [1.29, 1.82) is 0 Å². The van der Waals surface area contributed by atoms with Gasteiger partial charge >= 0.3 is 0 Å². The summed E-state index contributed by atoms with van der Waals surface area (Å²) in [4.78, 5) is 4.73. The van der Waals surface area contributed by atoms with Crippen LogP contribution in [0.15, 0.2) is 29.3 Å². The van der Waals surface area contributed by atoms with Gasteiger partial charge in [0.2, 0.25) is 0 Å². The SMILES string of the molecule is CCNC(=NCc1cccc(COC)c1)NC1CCCCC1. The third kappa shape index (κ3) is 5.68. The highest BCUT2D eigenvalue weighted by molar-refractivity contribution is 5.80. The topological polar surface area (TPSA) is 45.7 Å². The van der Waals surface area contributed by atoms with Crippen molar-refractivity contribution in [1.82, 2.24) is 10.6 Å². The van der Waals surface area contributed by atoms with E-state index < -0.39 is 0 Å². The summed E-state index contributed by atoms with van der Waals surface area (Å²) in [5.74, 6) is 0.937. The van der Waals surface area contributed by atoms with Crippen LogP contribution in [-0.4, -0.2) is 25.7 Å². The Hall–Kier alpha value is -1.55. The summed E-state index contributed by atoms with van der Waals surface area (Å²) in [7, 11) is 1.72. The molecule has 0 spiro atoms. The number of nitrogens with one attached hydrogen (secondary N) is 2. The summed E-state index contributed by atoms with van der Waals surface area (Å²) in [6.45, 7) is 4.34. The molecule has 1 aromatic carbocycles. The fourth-order valence-electron chi connectivity index (χ4n) is 2.92. The molecule has 0 radical (unpaired) electrons. The molecule has 0 aliphatic heterocycles. The quantitative estimate of drug-likeness (QED) is 0.626. The molecule has 22 heavy (non-hydrogen) atoms. The first-order chi connectivity index (χ1) is 10.8. The molecule has 1 aliphatic carbocycles. The smallest absolute Gasteiger partial charge is 0.191 e. The average molecular weight is 303 g/mol. The lowest BCUT2D eigenvalue weighted by Gasteiger charge is -2.24. The predicted octanol–water partition coefficient (Wildman–Crippen LogP) is 3.22. The Morgan fingerprint density at radius 3 is 2.73 bits per heavy atom. The highest BCUT2D eigenvalue weighted by atomic mass is 16.5. The number of hydrogen-bond donors (Lipinski definition) is 2. The van der Waals surface area contributed by atoms with Crippen LogP contribution in [0.2, 0.25) is 0 Å². The molecule has 0 saturated heterocycles. The Bertz CT molecular complexity index is 467. The summed E-state index contributed by atoms with van der Waals surface area (Å²) in [6, 6.07) is 9.01. The van der Waals surface area contributed by atoms with Crippen LogP contribution >= 0.6 is 0 Å². The summed E-state index contributed by atoms with van der Waals surface area (Å²) in [5, 5.41) is 6.94. The molecule has 2 rings (SSSR count). The standard InChI is InChI=1S/C18H29N3O/c1-3-19-18(21-17-10-5-4-6-11-17)20-13-15-8-7-9-16(12-15)14-22-2/h7-9,12,17H,3-6,10-11,13-14H2,1-2H3,(H2,19,20,21). The van der Waals surface area contributed by atoms with Crippen molar-refractivity contribution in [2.75, 3.05) is 13.7 Å².